The minimum atomic E-state index is -0.240. The van der Waals surface area contributed by atoms with Crippen LogP contribution in [-0.2, 0) is 0 Å². The van der Waals surface area contributed by atoms with Crippen LogP contribution in [0, 0.1) is 13.8 Å². The van der Waals surface area contributed by atoms with E-state index in [0.29, 0.717) is 27.4 Å². The van der Waals surface area contributed by atoms with E-state index in [2.05, 4.69) is 36.4 Å². The molecule has 0 fully saturated rings. The highest BCUT2D eigenvalue weighted by molar-refractivity contribution is 9.10. The van der Waals surface area contributed by atoms with E-state index in [1.165, 1.54) is 0 Å². The van der Waals surface area contributed by atoms with Crippen LogP contribution in [0.3, 0.4) is 0 Å². The summed E-state index contributed by atoms with van der Waals surface area (Å²) in [5.41, 5.74) is 1.80. The Kier molecular flexibility index (Phi) is 3.66. The molecule has 6 heteroatoms. The fourth-order valence-electron chi connectivity index (χ4n) is 1.44. The summed E-state index contributed by atoms with van der Waals surface area (Å²) >= 11 is 3.25. The predicted octanol–water partition coefficient (Wildman–Crippen LogP) is 2.50. The van der Waals surface area contributed by atoms with Crippen LogP contribution in [-0.4, -0.2) is 21.1 Å². The van der Waals surface area contributed by atoms with E-state index in [0.717, 1.165) is 0 Å². The van der Waals surface area contributed by atoms with Crippen molar-refractivity contribution in [1.82, 2.24) is 15.2 Å². The molecule has 0 saturated heterocycles. The van der Waals surface area contributed by atoms with E-state index in [-0.39, 0.29) is 5.91 Å². The van der Waals surface area contributed by atoms with Crippen molar-refractivity contribution in [1.29, 1.82) is 0 Å². The van der Waals surface area contributed by atoms with Gasteiger partial charge in [-0.1, -0.05) is 6.07 Å². The molecule has 0 aromatic carbocycles. The highest BCUT2D eigenvalue weighted by Gasteiger charge is 2.11. The van der Waals surface area contributed by atoms with Gasteiger partial charge in [-0.25, -0.2) is 4.98 Å². The first-order chi connectivity index (χ1) is 8.56. The van der Waals surface area contributed by atoms with Gasteiger partial charge in [-0.3, -0.25) is 4.79 Å². The summed E-state index contributed by atoms with van der Waals surface area (Å²) in [7, 11) is 0. The largest absolute Gasteiger partial charge is 0.306 e. The molecule has 2 rings (SSSR count). The molecule has 2 aromatic rings. The van der Waals surface area contributed by atoms with Crippen molar-refractivity contribution in [3.05, 3.63) is 45.8 Å². The molecular weight excluding hydrogens is 296 g/mol. The van der Waals surface area contributed by atoms with Crippen LogP contribution in [0.2, 0.25) is 0 Å². The number of amides is 1. The lowest BCUT2D eigenvalue weighted by Crippen LogP contribution is -2.15. The average Bonchev–Trinajstić information content (AvgIpc) is 2.32. The van der Waals surface area contributed by atoms with Gasteiger partial charge in [0.1, 0.15) is 10.4 Å². The number of halogens is 1. The number of pyridine rings is 1. The Morgan fingerprint density at radius 2 is 2.06 bits per heavy atom. The number of hydrogen-bond acceptors (Lipinski definition) is 4. The van der Waals surface area contributed by atoms with Crippen molar-refractivity contribution >= 4 is 27.7 Å². The van der Waals surface area contributed by atoms with Crippen LogP contribution in [0.25, 0.3) is 0 Å². The lowest BCUT2D eigenvalue weighted by Gasteiger charge is -2.06. The number of hydrogen-bond donors (Lipinski definition) is 1. The zero-order valence-corrected chi connectivity index (χ0v) is 11.5. The monoisotopic (exact) mass is 306 g/mol. The van der Waals surface area contributed by atoms with Gasteiger partial charge in [-0.15, -0.1) is 0 Å². The van der Waals surface area contributed by atoms with Crippen LogP contribution >= 0.6 is 15.9 Å². The third kappa shape index (κ3) is 2.89. The van der Waals surface area contributed by atoms with Gasteiger partial charge in [0.25, 0.3) is 5.91 Å². The molecule has 2 heterocycles. The second kappa shape index (κ2) is 5.22. The second-order valence-corrected chi connectivity index (χ2v) is 4.60. The van der Waals surface area contributed by atoms with E-state index in [4.69, 9.17) is 0 Å². The Labute approximate surface area is 113 Å². The van der Waals surface area contributed by atoms with Gasteiger partial charge in [0, 0.05) is 0 Å². The zero-order chi connectivity index (χ0) is 13.1. The molecule has 1 N–H and O–H groups in total. The van der Waals surface area contributed by atoms with Gasteiger partial charge < -0.3 is 5.32 Å². The summed E-state index contributed by atoms with van der Waals surface area (Å²) in [5, 5.41) is 10.5. The van der Waals surface area contributed by atoms with Crippen molar-refractivity contribution in [2.24, 2.45) is 0 Å². The third-order valence-corrected chi connectivity index (χ3v) is 2.74. The smallest absolute Gasteiger partial charge is 0.258 e. The maximum atomic E-state index is 12.1. The molecule has 5 nitrogen and oxygen atoms in total. The molecule has 0 spiro atoms. The van der Waals surface area contributed by atoms with Gasteiger partial charge in [-0.2, -0.15) is 10.2 Å². The Morgan fingerprint density at radius 1 is 1.28 bits per heavy atom. The summed E-state index contributed by atoms with van der Waals surface area (Å²) in [6, 6.07) is 7.02. The maximum Gasteiger partial charge on any atom is 0.258 e. The Balaban J connectivity index is 2.24. The van der Waals surface area contributed by atoms with Gasteiger partial charge in [0.2, 0.25) is 0 Å². The summed E-state index contributed by atoms with van der Waals surface area (Å²) in [5.74, 6) is 0.249. The quantitative estimate of drug-likeness (QED) is 0.866. The maximum absolute atomic E-state index is 12.1. The standard InChI is InChI=1S/C12H11BrN4O/c1-7-6-9(8(2)17-16-7)12(18)15-11-5-3-4-10(13)14-11/h3-6H,1-2H3,(H,14,15,18). The van der Waals surface area contributed by atoms with Crippen LogP contribution < -0.4 is 5.32 Å². The van der Waals surface area contributed by atoms with Gasteiger partial charge in [0.15, 0.2) is 0 Å². The molecule has 92 valence electrons. The highest BCUT2D eigenvalue weighted by atomic mass is 79.9. The summed E-state index contributed by atoms with van der Waals surface area (Å²) < 4.78 is 0.668. The number of carbonyl (C=O) groups is 1. The summed E-state index contributed by atoms with van der Waals surface area (Å²) in [6.45, 7) is 3.54. The minimum absolute atomic E-state index is 0.240. The number of aromatic nitrogens is 3. The van der Waals surface area contributed by atoms with Crippen molar-refractivity contribution in [2.45, 2.75) is 13.8 Å². The molecular formula is C12H11BrN4O. The van der Waals surface area contributed by atoms with Gasteiger partial charge >= 0.3 is 0 Å². The molecule has 0 aliphatic carbocycles. The fourth-order valence-corrected chi connectivity index (χ4v) is 1.78. The Bertz CT molecular complexity index is 600. The van der Waals surface area contributed by atoms with Crippen molar-refractivity contribution < 1.29 is 4.79 Å². The first-order valence-electron chi connectivity index (χ1n) is 5.31. The van der Waals surface area contributed by atoms with Crippen molar-refractivity contribution in [3.8, 4) is 0 Å². The highest BCUT2D eigenvalue weighted by Crippen LogP contribution is 2.12. The topological polar surface area (TPSA) is 67.8 Å². The minimum Gasteiger partial charge on any atom is -0.306 e. The fraction of sp³-hybridized carbons (Fsp3) is 0.167. The molecule has 2 aromatic heterocycles. The molecule has 18 heavy (non-hydrogen) atoms. The van der Waals surface area contributed by atoms with Gasteiger partial charge in [0.05, 0.1) is 17.0 Å². The van der Waals surface area contributed by atoms with Crippen LogP contribution in [0.5, 0.6) is 0 Å². The van der Waals surface area contributed by atoms with Crippen LogP contribution in [0.1, 0.15) is 21.7 Å². The lowest BCUT2D eigenvalue weighted by atomic mass is 10.2. The molecule has 0 aliphatic rings. The van der Waals surface area contributed by atoms with Crippen molar-refractivity contribution in [3.63, 3.8) is 0 Å². The zero-order valence-electron chi connectivity index (χ0n) is 9.94. The second-order valence-electron chi connectivity index (χ2n) is 3.78. The predicted molar refractivity (Wildman–Crippen MR) is 71.4 cm³/mol. The van der Waals surface area contributed by atoms with Crippen LogP contribution in [0.4, 0.5) is 5.82 Å². The lowest BCUT2D eigenvalue weighted by molar-refractivity contribution is 0.102. The first-order valence-corrected chi connectivity index (χ1v) is 6.10. The molecule has 0 radical (unpaired) electrons. The van der Waals surface area contributed by atoms with Crippen molar-refractivity contribution in [2.75, 3.05) is 5.32 Å². The number of rotatable bonds is 2. The van der Waals surface area contributed by atoms with E-state index in [9.17, 15) is 4.79 Å². The molecule has 0 saturated carbocycles. The number of nitrogens with one attached hydrogen (secondary N) is 1. The van der Waals surface area contributed by atoms with E-state index >= 15 is 0 Å². The third-order valence-electron chi connectivity index (χ3n) is 2.30. The Morgan fingerprint density at radius 3 is 2.78 bits per heavy atom. The summed E-state index contributed by atoms with van der Waals surface area (Å²) in [6.07, 6.45) is 0. The molecule has 0 unspecified atom stereocenters. The number of anilines is 1. The first kappa shape index (κ1) is 12.6. The normalized spacial score (nSPS) is 10.2. The molecule has 1 amide bonds. The number of nitrogens with zero attached hydrogens (tertiary/aromatic N) is 3. The number of carbonyl (C=O) groups excluding carboxylic acids is 1. The number of aryl methyl sites for hydroxylation is 2. The van der Waals surface area contributed by atoms with E-state index in [1.807, 2.05) is 0 Å². The van der Waals surface area contributed by atoms with E-state index < -0.39 is 0 Å². The Hall–Kier alpha value is -1.82. The molecule has 0 aliphatic heterocycles. The molecule has 0 bridgehead atoms. The van der Waals surface area contributed by atoms with E-state index in [1.54, 1.807) is 38.1 Å². The molecule has 0 atom stereocenters. The summed E-state index contributed by atoms with van der Waals surface area (Å²) in [4.78, 5) is 16.2. The van der Waals surface area contributed by atoms with Gasteiger partial charge in [-0.05, 0) is 48.0 Å². The van der Waals surface area contributed by atoms with Crippen LogP contribution in [0.15, 0.2) is 28.9 Å². The average molecular weight is 307 g/mol. The SMILES string of the molecule is Cc1cc(C(=O)Nc2cccc(Br)n2)c(C)nn1.